The number of ether oxygens (including phenoxy) is 3. The van der Waals surface area contributed by atoms with Crippen LogP contribution in [0, 0.1) is 0 Å². The fourth-order valence-electron chi connectivity index (χ4n) is 9.18. The molecule has 70 heavy (non-hydrogen) atoms. The smallest absolute Gasteiger partial charge is 0.306 e. The van der Waals surface area contributed by atoms with E-state index in [0.717, 1.165) is 89.9 Å². The molecule has 0 rings (SSSR count). The largest absolute Gasteiger partial charge is 0.462 e. The third-order valence-electron chi connectivity index (χ3n) is 13.9. The lowest BCUT2D eigenvalue weighted by molar-refractivity contribution is -0.167. The van der Waals surface area contributed by atoms with Crippen LogP contribution in [0.5, 0.6) is 0 Å². The van der Waals surface area contributed by atoms with E-state index in [2.05, 4.69) is 57.2 Å². The summed E-state index contributed by atoms with van der Waals surface area (Å²) in [4.78, 5) is 38.2. The van der Waals surface area contributed by atoms with Crippen molar-refractivity contribution in [2.75, 3.05) is 13.2 Å². The summed E-state index contributed by atoms with van der Waals surface area (Å²) in [7, 11) is 0. The molecule has 0 fully saturated rings. The molecule has 1 unspecified atom stereocenters. The summed E-state index contributed by atoms with van der Waals surface area (Å²) >= 11 is 0. The van der Waals surface area contributed by atoms with E-state index in [4.69, 9.17) is 14.2 Å². The second-order valence-corrected chi connectivity index (χ2v) is 21.0. The SMILES string of the molecule is CCCCC/C=C\C/C=C\CCCCCCCC(=O)OC(COC(=O)CCCCCCC/C=C\CCCCC)COC(=O)CCCCCCCCCCCCCCCCCCCCCCCCCCC. The second-order valence-electron chi connectivity index (χ2n) is 21.0. The Hall–Kier alpha value is -2.37. The van der Waals surface area contributed by atoms with E-state index in [1.54, 1.807) is 0 Å². The molecule has 0 radical (unpaired) electrons. The van der Waals surface area contributed by atoms with Gasteiger partial charge in [-0.15, -0.1) is 0 Å². The molecule has 6 nitrogen and oxygen atoms in total. The standard InChI is InChI=1S/C64H118O6/c1-4-7-10-13-16-19-22-25-27-28-29-30-31-32-33-34-35-36-38-39-42-45-48-51-54-57-63(66)69-60-61(59-68-62(65)56-53-50-47-44-41-24-21-18-15-12-9-6-3)70-64(67)58-55-52-49-46-43-40-37-26-23-20-17-14-11-8-5-2/h17-18,20-21,26,37,61H,4-16,19,22-25,27-36,38-60H2,1-3H3/b20-17-,21-18-,37-26-. The van der Waals surface area contributed by atoms with Crippen LogP contribution in [-0.4, -0.2) is 37.2 Å². The zero-order valence-electron chi connectivity index (χ0n) is 47.1. The average Bonchev–Trinajstić information content (AvgIpc) is 3.36. The van der Waals surface area contributed by atoms with E-state index in [0.29, 0.717) is 19.3 Å². The Balaban J connectivity index is 4.21. The van der Waals surface area contributed by atoms with Crippen molar-refractivity contribution < 1.29 is 28.6 Å². The van der Waals surface area contributed by atoms with E-state index in [1.165, 1.54) is 205 Å². The van der Waals surface area contributed by atoms with Gasteiger partial charge in [-0.1, -0.05) is 276 Å². The summed E-state index contributed by atoms with van der Waals surface area (Å²) < 4.78 is 16.9. The van der Waals surface area contributed by atoms with Crippen molar-refractivity contribution >= 4 is 17.9 Å². The van der Waals surface area contributed by atoms with Crippen LogP contribution in [0.2, 0.25) is 0 Å². The maximum absolute atomic E-state index is 12.8. The predicted octanol–water partition coefficient (Wildman–Crippen LogP) is 20.8. The highest BCUT2D eigenvalue weighted by Gasteiger charge is 2.19. The van der Waals surface area contributed by atoms with Crippen molar-refractivity contribution in [3.63, 3.8) is 0 Å². The molecule has 0 aromatic rings. The van der Waals surface area contributed by atoms with Crippen molar-refractivity contribution in [2.24, 2.45) is 0 Å². The lowest BCUT2D eigenvalue weighted by Gasteiger charge is -2.18. The molecule has 0 N–H and O–H groups in total. The molecule has 6 heteroatoms. The Labute approximate surface area is 435 Å². The van der Waals surface area contributed by atoms with Gasteiger partial charge in [0, 0.05) is 19.3 Å². The van der Waals surface area contributed by atoms with Gasteiger partial charge >= 0.3 is 17.9 Å². The van der Waals surface area contributed by atoms with Gasteiger partial charge in [-0.3, -0.25) is 14.4 Å². The van der Waals surface area contributed by atoms with Crippen LogP contribution in [0.4, 0.5) is 0 Å². The number of allylic oxidation sites excluding steroid dienone is 6. The quantitative estimate of drug-likeness (QED) is 0.0261. The van der Waals surface area contributed by atoms with Crippen LogP contribution in [0.25, 0.3) is 0 Å². The first-order chi connectivity index (χ1) is 34.5. The molecule has 0 aliphatic heterocycles. The number of rotatable bonds is 57. The molecule has 0 bridgehead atoms. The Morgan fingerprint density at radius 1 is 0.286 bits per heavy atom. The summed E-state index contributed by atoms with van der Waals surface area (Å²) in [5.41, 5.74) is 0. The molecule has 410 valence electrons. The minimum absolute atomic E-state index is 0.0769. The third kappa shape index (κ3) is 56.5. The minimum atomic E-state index is -0.780. The normalized spacial score (nSPS) is 12.2. The third-order valence-corrected chi connectivity index (χ3v) is 13.9. The topological polar surface area (TPSA) is 78.9 Å². The van der Waals surface area contributed by atoms with Crippen LogP contribution in [-0.2, 0) is 28.6 Å². The van der Waals surface area contributed by atoms with Crippen molar-refractivity contribution in [3.8, 4) is 0 Å². The molecule has 0 aromatic carbocycles. The van der Waals surface area contributed by atoms with E-state index in [-0.39, 0.29) is 31.1 Å². The van der Waals surface area contributed by atoms with Crippen LogP contribution in [0.3, 0.4) is 0 Å². The number of esters is 3. The molecule has 0 amide bonds. The van der Waals surface area contributed by atoms with Gasteiger partial charge in [0.05, 0.1) is 0 Å². The summed E-state index contributed by atoms with van der Waals surface area (Å²) in [6.45, 7) is 6.62. The zero-order chi connectivity index (χ0) is 50.7. The first kappa shape index (κ1) is 67.6. The Kier molecular flexibility index (Phi) is 57.2. The molecule has 0 aliphatic rings. The van der Waals surface area contributed by atoms with Gasteiger partial charge in [-0.05, 0) is 77.0 Å². The van der Waals surface area contributed by atoms with E-state index in [1.807, 2.05) is 0 Å². The first-order valence-electron chi connectivity index (χ1n) is 31.0. The molecular weight excluding hydrogens is 865 g/mol. The van der Waals surface area contributed by atoms with E-state index in [9.17, 15) is 14.4 Å². The van der Waals surface area contributed by atoms with Gasteiger partial charge in [0.15, 0.2) is 6.10 Å². The van der Waals surface area contributed by atoms with Crippen LogP contribution >= 0.6 is 0 Å². The van der Waals surface area contributed by atoms with Gasteiger partial charge in [-0.25, -0.2) is 0 Å². The van der Waals surface area contributed by atoms with Crippen LogP contribution < -0.4 is 0 Å². The Morgan fingerprint density at radius 2 is 0.514 bits per heavy atom. The average molecular weight is 984 g/mol. The number of hydrogen-bond donors (Lipinski definition) is 0. The summed E-state index contributed by atoms with van der Waals surface area (Å²) in [6, 6.07) is 0. The summed E-state index contributed by atoms with van der Waals surface area (Å²) in [6.07, 6.45) is 71.6. The molecule has 0 spiro atoms. The van der Waals surface area contributed by atoms with Crippen molar-refractivity contribution in [2.45, 2.75) is 341 Å². The van der Waals surface area contributed by atoms with Crippen molar-refractivity contribution in [1.29, 1.82) is 0 Å². The lowest BCUT2D eigenvalue weighted by atomic mass is 10.0. The predicted molar refractivity (Wildman–Crippen MR) is 302 cm³/mol. The molecule has 1 atom stereocenters. The molecule has 0 saturated carbocycles. The zero-order valence-corrected chi connectivity index (χ0v) is 47.1. The number of carbonyl (C=O) groups is 3. The van der Waals surface area contributed by atoms with Gasteiger partial charge in [0.2, 0.25) is 0 Å². The second kappa shape index (κ2) is 59.2. The maximum Gasteiger partial charge on any atom is 0.306 e. The minimum Gasteiger partial charge on any atom is -0.462 e. The van der Waals surface area contributed by atoms with Gasteiger partial charge in [0.25, 0.3) is 0 Å². The number of carbonyl (C=O) groups excluding carboxylic acids is 3. The highest BCUT2D eigenvalue weighted by atomic mass is 16.6. The number of hydrogen-bond acceptors (Lipinski definition) is 6. The lowest BCUT2D eigenvalue weighted by Crippen LogP contribution is -2.30. The monoisotopic (exact) mass is 983 g/mol. The van der Waals surface area contributed by atoms with E-state index < -0.39 is 6.10 Å². The summed E-state index contributed by atoms with van der Waals surface area (Å²) in [5.74, 6) is -0.882. The first-order valence-corrected chi connectivity index (χ1v) is 31.0. The van der Waals surface area contributed by atoms with Crippen molar-refractivity contribution in [1.82, 2.24) is 0 Å². The Bertz CT molecular complexity index is 1170. The summed E-state index contributed by atoms with van der Waals surface area (Å²) in [5, 5.41) is 0. The fraction of sp³-hybridized carbons (Fsp3) is 0.859. The van der Waals surface area contributed by atoms with Crippen molar-refractivity contribution in [3.05, 3.63) is 36.5 Å². The molecule has 0 heterocycles. The maximum atomic E-state index is 12.8. The van der Waals surface area contributed by atoms with Gasteiger partial charge < -0.3 is 14.2 Å². The van der Waals surface area contributed by atoms with Crippen LogP contribution in [0.15, 0.2) is 36.5 Å². The van der Waals surface area contributed by atoms with Crippen LogP contribution in [0.1, 0.15) is 335 Å². The fourth-order valence-corrected chi connectivity index (χ4v) is 9.18. The molecule has 0 saturated heterocycles. The van der Waals surface area contributed by atoms with Gasteiger partial charge in [0.1, 0.15) is 13.2 Å². The highest BCUT2D eigenvalue weighted by molar-refractivity contribution is 5.71. The van der Waals surface area contributed by atoms with Gasteiger partial charge in [-0.2, -0.15) is 0 Å². The molecular formula is C64H118O6. The molecule has 0 aromatic heterocycles. The molecule has 0 aliphatic carbocycles. The Morgan fingerprint density at radius 3 is 0.829 bits per heavy atom. The van der Waals surface area contributed by atoms with E-state index >= 15 is 0 Å². The highest BCUT2D eigenvalue weighted by Crippen LogP contribution is 2.17. The number of unbranched alkanes of at least 4 members (excludes halogenated alkanes) is 40.